The molecule has 1 aliphatic heterocycles. The molecule has 1 atom stereocenters. The van der Waals surface area contributed by atoms with Gasteiger partial charge in [-0.15, -0.1) is 0 Å². The van der Waals surface area contributed by atoms with E-state index in [0.29, 0.717) is 0 Å². The highest BCUT2D eigenvalue weighted by molar-refractivity contribution is 7.94. The Hall–Kier alpha value is -3.27. The van der Waals surface area contributed by atoms with Crippen molar-refractivity contribution in [3.05, 3.63) is 42.5 Å². The Balaban J connectivity index is 2.04. The number of nitrogens with zero attached hydrogens (tertiary/aromatic N) is 3. The molecule has 9 nitrogen and oxygen atoms in total. The van der Waals surface area contributed by atoms with Crippen molar-refractivity contribution in [3.8, 4) is 5.75 Å². The molecule has 2 aromatic rings. The summed E-state index contributed by atoms with van der Waals surface area (Å²) in [6, 6.07) is 9.84. The monoisotopic (exact) mass is 419 g/mol. The van der Waals surface area contributed by atoms with E-state index in [4.69, 9.17) is 9.84 Å². The zero-order chi connectivity index (χ0) is 21.5. The molecular weight excluding hydrogens is 398 g/mol. The fraction of sp³-hybridized carbons (Fsp3) is 0.263. The molecular formula is C19H21N3O6S. The van der Waals surface area contributed by atoms with E-state index in [1.165, 1.54) is 37.1 Å². The van der Waals surface area contributed by atoms with E-state index >= 15 is 0 Å². The van der Waals surface area contributed by atoms with E-state index in [2.05, 4.69) is 0 Å². The van der Waals surface area contributed by atoms with Crippen LogP contribution in [0.2, 0.25) is 0 Å². The molecule has 1 aliphatic rings. The SMILES string of the molecule is C[C@@H](Oc1ccc2c(c1)N(C)C(=O)N(c1ccc(N(C)C)cc1)S2(=O)=O)C(=O)O. The van der Waals surface area contributed by atoms with Gasteiger partial charge in [0, 0.05) is 32.9 Å². The number of sulfonamides is 1. The van der Waals surface area contributed by atoms with Crippen LogP contribution < -0.4 is 18.8 Å². The van der Waals surface area contributed by atoms with Gasteiger partial charge in [-0.25, -0.2) is 18.0 Å². The molecule has 0 aliphatic carbocycles. The van der Waals surface area contributed by atoms with Crippen molar-refractivity contribution < 1.29 is 27.9 Å². The topological polar surface area (TPSA) is 107 Å². The summed E-state index contributed by atoms with van der Waals surface area (Å²) in [7, 11) is 0.998. The number of hydrogen-bond donors (Lipinski definition) is 1. The van der Waals surface area contributed by atoms with E-state index in [1.54, 1.807) is 24.3 Å². The molecule has 2 aromatic carbocycles. The summed E-state index contributed by atoms with van der Waals surface area (Å²) in [6.07, 6.45) is -1.12. The average Bonchev–Trinajstić information content (AvgIpc) is 2.66. The number of benzene rings is 2. The fourth-order valence-electron chi connectivity index (χ4n) is 2.88. The van der Waals surface area contributed by atoms with Gasteiger partial charge < -0.3 is 14.7 Å². The van der Waals surface area contributed by atoms with Gasteiger partial charge in [0.05, 0.1) is 11.4 Å². The molecule has 0 saturated carbocycles. The number of aliphatic carboxylic acids is 1. The van der Waals surface area contributed by atoms with Crippen LogP contribution in [0, 0.1) is 0 Å². The van der Waals surface area contributed by atoms with Crippen LogP contribution in [0.4, 0.5) is 21.9 Å². The zero-order valence-corrected chi connectivity index (χ0v) is 17.2. The van der Waals surface area contributed by atoms with Crippen LogP contribution in [0.15, 0.2) is 47.4 Å². The first kappa shape index (κ1) is 20.5. The van der Waals surface area contributed by atoms with Crippen molar-refractivity contribution in [2.45, 2.75) is 17.9 Å². The molecule has 0 aromatic heterocycles. The summed E-state index contributed by atoms with van der Waals surface area (Å²) in [5, 5.41) is 8.98. The number of carbonyl (C=O) groups is 2. The predicted octanol–water partition coefficient (Wildman–Crippen LogP) is 2.37. The van der Waals surface area contributed by atoms with Gasteiger partial charge in [-0.2, -0.15) is 4.31 Å². The number of rotatable bonds is 5. The highest BCUT2D eigenvalue weighted by Crippen LogP contribution is 2.39. The summed E-state index contributed by atoms with van der Waals surface area (Å²) >= 11 is 0. The minimum Gasteiger partial charge on any atom is -0.479 e. The fourth-order valence-corrected chi connectivity index (χ4v) is 4.51. The number of carboxylic acid groups (broad SMARTS) is 1. The van der Waals surface area contributed by atoms with Crippen LogP contribution in [0.5, 0.6) is 5.75 Å². The number of carbonyl (C=O) groups excluding carboxylic acids is 1. The highest BCUT2D eigenvalue weighted by atomic mass is 32.2. The quantitative estimate of drug-likeness (QED) is 0.793. The maximum Gasteiger partial charge on any atom is 0.344 e. The Morgan fingerprint density at radius 1 is 1.14 bits per heavy atom. The molecule has 154 valence electrons. The van der Waals surface area contributed by atoms with Crippen molar-refractivity contribution in [2.24, 2.45) is 0 Å². The lowest BCUT2D eigenvalue weighted by Gasteiger charge is -2.34. The first-order valence-electron chi connectivity index (χ1n) is 8.68. The van der Waals surface area contributed by atoms with E-state index in [-0.39, 0.29) is 22.0 Å². The molecule has 0 unspecified atom stereocenters. The lowest BCUT2D eigenvalue weighted by Crippen LogP contribution is -2.49. The lowest BCUT2D eigenvalue weighted by molar-refractivity contribution is -0.144. The standard InChI is InChI=1S/C19H21N3O6S/c1-12(18(23)24)28-15-9-10-17-16(11-15)21(4)19(25)22(29(17,26)27)14-7-5-13(6-8-14)20(2)3/h5-12H,1-4H3,(H,23,24)/t12-/m1/s1. The molecule has 0 fully saturated rings. The number of amides is 2. The minimum absolute atomic E-state index is 0.0772. The summed E-state index contributed by atoms with van der Waals surface area (Å²) in [6.45, 7) is 1.35. The Bertz CT molecular complexity index is 1070. The van der Waals surface area contributed by atoms with Crippen molar-refractivity contribution in [2.75, 3.05) is 35.2 Å². The Morgan fingerprint density at radius 3 is 2.31 bits per heavy atom. The van der Waals surface area contributed by atoms with Crippen molar-refractivity contribution in [3.63, 3.8) is 0 Å². The minimum atomic E-state index is -4.16. The second-order valence-electron chi connectivity index (χ2n) is 6.75. The summed E-state index contributed by atoms with van der Waals surface area (Å²) in [5.41, 5.74) is 1.20. The molecule has 2 amide bonds. The zero-order valence-electron chi connectivity index (χ0n) is 16.4. The number of carboxylic acids is 1. The number of ether oxygens (including phenoxy) is 1. The van der Waals surface area contributed by atoms with Crippen molar-refractivity contribution in [1.82, 2.24) is 0 Å². The van der Waals surface area contributed by atoms with Gasteiger partial charge in [-0.3, -0.25) is 4.90 Å². The van der Waals surface area contributed by atoms with Crippen LogP contribution in [0.3, 0.4) is 0 Å². The van der Waals surface area contributed by atoms with Crippen LogP contribution in [0.25, 0.3) is 0 Å². The van der Waals surface area contributed by atoms with Crippen LogP contribution in [-0.2, 0) is 14.8 Å². The molecule has 0 spiro atoms. The van der Waals surface area contributed by atoms with E-state index in [9.17, 15) is 18.0 Å². The number of fused-ring (bicyclic) bond motifs is 1. The van der Waals surface area contributed by atoms with Crippen LogP contribution in [-0.4, -0.2) is 52.8 Å². The smallest absolute Gasteiger partial charge is 0.344 e. The lowest BCUT2D eigenvalue weighted by atomic mass is 10.2. The maximum absolute atomic E-state index is 13.2. The van der Waals surface area contributed by atoms with Gasteiger partial charge in [-0.05, 0) is 43.3 Å². The molecule has 10 heteroatoms. The van der Waals surface area contributed by atoms with E-state index < -0.39 is 28.1 Å². The third-order valence-electron chi connectivity index (χ3n) is 4.53. The Morgan fingerprint density at radius 2 is 1.76 bits per heavy atom. The van der Waals surface area contributed by atoms with Crippen molar-refractivity contribution in [1.29, 1.82) is 0 Å². The maximum atomic E-state index is 13.2. The number of anilines is 3. The molecule has 0 saturated heterocycles. The summed E-state index contributed by atoms with van der Waals surface area (Å²) in [5.74, 6) is -1.01. The first-order chi connectivity index (χ1) is 13.5. The van der Waals surface area contributed by atoms with Crippen molar-refractivity contribution >= 4 is 39.1 Å². The van der Waals surface area contributed by atoms with Gasteiger partial charge in [-0.1, -0.05) is 0 Å². The first-order valence-corrected chi connectivity index (χ1v) is 10.1. The molecule has 0 radical (unpaired) electrons. The van der Waals surface area contributed by atoms with Gasteiger partial charge in [0.1, 0.15) is 10.6 Å². The predicted molar refractivity (Wildman–Crippen MR) is 108 cm³/mol. The van der Waals surface area contributed by atoms with E-state index in [1.807, 2.05) is 19.0 Å². The average molecular weight is 419 g/mol. The number of hydrogen-bond acceptors (Lipinski definition) is 6. The van der Waals surface area contributed by atoms with Crippen LogP contribution in [0.1, 0.15) is 6.92 Å². The number of urea groups is 1. The molecule has 3 rings (SSSR count). The molecule has 1 heterocycles. The van der Waals surface area contributed by atoms with Gasteiger partial charge in [0.25, 0.3) is 10.0 Å². The third kappa shape index (κ3) is 3.58. The molecule has 29 heavy (non-hydrogen) atoms. The van der Waals surface area contributed by atoms with E-state index in [0.717, 1.165) is 9.99 Å². The second-order valence-corrected chi connectivity index (χ2v) is 8.50. The summed E-state index contributed by atoms with van der Waals surface area (Å²) < 4.78 is 32.3. The largest absolute Gasteiger partial charge is 0.479 e. The van der Waals surface area contributed by atoms with Gasteiger partial charge >= 0.3 is 12.0 Å². The Labute approximate surface area is 168 Å². The van der Waals surface area contributed by atoms with Gasteiger partial charge in [0.2, 0.25) is 0 Å². The van der Waals surface area contributed by atoms with Crippen LogP contribution >= 0.6 is 0 Å². The molecule has 1 N–H and O–H groups in total. The normalized spacial score (nSPS) is 16.2. The molecule has 0 bridgehead atoms. The van der Waals surface area contributed by atoms with Gasteiger partial charge in [0.15, 0.2) is 6.10 Å². The highest BCUT2D eigenvalue weighted by Gasteiger charge is 2.41. The summed E-state index contributed by atoms with van der Waals surface area (Å²) in [4.78, 5) is 26.8. The second kappa shape index (κ2) is 7.28. The third-order valence-corrected chi connectivity index (χ3v) is 6.28. The Kier molecular flexibility index (Phi) is 5.14.